The minimum absolute atomic E-state index is 0. The number of aliphatic carboxylic acids is 3. The molecule has 0 saturated carbocycles. The number of hydrogen-bond donors (Lipinski definition) is 3. The average molecular weight is 1450 g/mol. The molecule has 0 amide bonds. The summed E-state index contributed by atoms with van der Waals surface area (Å²) >= 11 is 10.1. The Labute approximate surface area is 561 Å². The molecule has 0 bridgehead atoms. The summed E-state index contributed by atoms with van der Waals surface area (Å²) in [6, 6.07) is 58.4. The number of ether oxygens (including phenoxy) is 6. The van der Waals surface area contributed by atoms with Gasteiger partial charge in [0.15, 0.2) is 0 Å². The molecule has 12 rings (SSSR count). The molecule has 0 fully saturated rings. The van der Waals surface area contributed by atoms with Crippen LogP contribution in [0.2, 0.25) is 0 Å². The van der Waals surface area contributed by atoms with Crippen molar-refractivity contribution in [2.24, 2.45) is 0 Å². The molecule has 3 aromatic heterocycles. The molecule has 3 heterocycles. The number of carbonyl (C=O) groups is 3. The van der Waals surface area contributed by atoms with E-state index < -0.39 is 34.7 Å². The molecule has 24 heteroatoms. The molecule has 0 spiro atoms. The Morgan fingerprint density at radius 3 is 0.731 bits per heavy atom. The summed E-state index contributed by atoms with van der Waals surface area (Å²) in [7, 11) is 4.65. The van der Waals surface area contributed by atoms with Crippen LogP contribution in [0.1, 0.15) is 59.7 Å². The van der Waals surface area contributed by atoms with Gasteiger partial charge in [-0.15, -0.1) is 45.0 Å². The Morgan fingerprint density at radius 2 is 0.548 bits per heavy atom. The second-order valence-electron chi connectivity index (χ2n) is 20.3. The maximum absolute atomic E-state index is 12.2. The van der Waals surface area contributed by atoms with Gasteiger partial charge in [0.1, 0.15) is 84.7 Å². The van der Waals surface area contributed by atoms with Crippen molar-refractivity contribution in [2.75, 3.05) is 21.3 Å². The van der Waals surface area contributed by atoms with Crippen LogP contribution < -0.4 is 28.4 Å². The molecule has 0 aliphatic rings. The van der Waals surface area contributed by atoms with Gasteiger partial charge in [0, 0.05) is 48.3 Å². The lowest BCUT2D eigenvalue weighted by atomic mass is 9.96. The van der Waals surface area contributed by atoms with Crippen molar-refractivity contribution < 1.29 is 58.1 Å². The Balaban J connectivity index is 0.000000194. The lowest BCUT2D eigenvalue weighted by molar-refractivity contribution is -0.155. The van der Waals surface area contributed by atoms with E-state index in [0.29, 0.717) is 101 Å². The maximum Gasteiger partial charge on any atom is 0.352 e. The monoisotopic (exact) mass is 1450 g/mol. The number of aromatic nitrogens is 9. The molecule has 9 aromatic carbocycles. The third kappa shape index (κ3) is 15.3. The van der Waals surface area contributed by atoms with E-state index >= 15 is 0 Å². The van der Waals surface area contributed by atoms with Gasteiger partial charge in [0.2, 0.25) is 16.8 Å². The largest absolute Gasteiger partial charge is 0.497 e. The molecule has 21 nitrogen and oxygen atoms in total. The molecule has 3 atom stereocenters. The quantitative estimate of drug-likeness (QED) is 0.0721. The summed E-state index contributed by atoms with van der Waals surface area (Å²) in [5.74, 6) is -0.726. The fraction of sp³-hybridized carbons (Fsp3) is 0.174. The van der Waals surface area contributed by atoms with Gasteiger partial charge in [-0.2, -0.15) is 0 Å². The first-order valence-electron chi connectivity index (χ1n) is 27.3. The number of carboxylic acids is 3. The number of halogens is 3. The zero-order valence-corrected chi connectivity index (χ0v) is 53.5. The van der Waals surface area contributed by atoms with Crippen LogP contribution in [0.25, 0.3) is 50.2 Å². The first-order chi connectivity index (χ1) is 43.2. The van der Waals surface area contributed by atoms with E-state index in [1.807, 2.05) is 72.8 Å². The minimum Gasteiger partial charge on any atom is -0.497 e. The number of carboxylic acid groups (broad SMARTS) is 3. The summed E-state index contributed by atoms with van der Waals surface area (Å²) in [6.07, 6.45) is 0. The number of methoxy groups -OCH3 is 3. The summed E-state index contributed by atoms with van der Waals surface area (Å²) in [4.78, 5) is 40.9. The van der Waals surface area contributed by atoms with Crippen molar-refractivity contribution in [1.82, 2.24) is 45.0 Å². The minimum atomic E-state index is -1.63. The van der Waals surface area contributed by atoms with E-state index in [-0.39, 0.29) is 22.3 Å². The second kappa shape index (κ2) is 29.9. The van der Waals surface area contributed by atoms with Crippen LogP contribution in [0.3, 0.4) is 0 Å². The van der Waals surface area contributed by atoms with Gasteiger partial charge in [-0.3, -0.25) is 0 Å². The van der Waals surface area contributed by atoms with E-state index in [1.165, 1.54) is 35.2 Å². The van der Waals surface area contributed by atoms with Crippen molar-refractivity contribution in [3.05, 3.63) is 230 Å². The van der Waals surface area contributed by atoms with Gasteiger partial charge in [-0.1, -0.05) is 143 Å². The average Bonchev–Trinajstić information content (AvgIpc) is 1.61. The fourth-order valence-corrected chi connectivity index (χ4v) is 9.94. The summed E-state index contributed by atoms with van der Waals surface area (Å²) < 4.78 is 36.8. The number of nitrogens with zero attached hydrogens (tertiary/aromatic N) is 9. The van der Waals surface area contributed by atoms with Crippen molar-refractivity contribution in [2.45, 2.75) is 59.9 Å². The van der Waals surface area contributed by atoms with Crippen molar-refractivity contribution in [3.8, 4) is 51.6 Å². The molecule has 93 heavy (non-hydrogen) atoms. The molecule has 0 aliphatic heterocycles. The molecule has 0 radical (unpaired) electrons. The standard InChI is InChI=1S/3C22H18BrN3O4.3CH4/c3*1-22(21(27)28,14-7-9-15(23)10-8-14)30-20-12-11-16(29-2)13-19(20)26-24-17-5-3-4-6-18(17)25-26;;;/h3*3-13H,1-2H3,(H,27,28);3*1H4. The van der Waals surface area contributed by atoms with E-state index in [2.05, 4.69) is 78.4 Å². The Morgan fingerprint density at radius 1 is 0.344 bits per heavy atom. The van der Waals surface area contributed by atoms with Crippen molar-refractivity contribution in [1.29, 1.82) is 0 Å². The molecule has 3 unspecified atom stereocenters. The summed E-state index contributed by atoms with van der Waals surface area (Å²) in [6.45, 7) is 4.54. The highest BCUT2D eigenvalue weighted by atomic mass is 79.9. The zero-order chi connectivity index (χ0) is 63.9. The van der Waals surface area contributed by atoms with E-state index in [4.69, 9.17) is 28.4 Å². The molecule has 12 aromatic rings. The first kappa shape index (κ1) is 70.3. The van der Waals surface area contributed by atoms with Crippen LogP contribution in [0, 0.1) is 0 Å². The highest BCUT2D eigenvalue weighted by Crippen LogP contribution is 2.39. The third-order valence-corrected chi connectivity index (χ3v) is 15.9. The smallest absolute Gasteiger partial charge is 0.352 e. The van der Waals surface area contributed by atoms with Gasteiger partial charge >= 0.3 is 17.9 Å². The zero-order valence-electron chi connectivity index (χ0n) is 48.7. The van der Waals surface area contributed by atoms with Gasteiger partial charge in [0.25, 0.3) is 0 Å². The van der Waals surface area contributed by atoms with Crippen LogP contribution in [0.5, 0.6) is 34.5 Å². The van der Waals surface area contributed by atoms with Gasteiger partial charge in [-0.05, 0) is 130 Å². The van der Waals surface area contributed by atoms with Crippen LogP contribution in [0.15, 0.2) is 214 Å². The Bertz CT molecular complexity index is 4030. The second-order valence-corrected chi connectivity index (χ2v) is 23.0. The van der Waals surface area contributed by atoms with Gasteiger partial charge in [-0.25, -0.2) is 14.4 Å². The van der Waals surface area contributed by atoms with Gasteiger partial charge < -0.3 is 43.7 Å². The molecule has 0 saturated heterocycles. The van der Waals surface area contributed by atoms with E-state index in [9.17, 15) is 29.7 Å². The van der Waals surface area contributed by atoms with Crippen LogP contribution in [0.4, 0.5) is 0 Å². The Kier molecular flexibility index (Phi) is 22.6. The topological polar surface area (TPSA) is 259 Å². The van der Waals surface area contributed by atoms with Crippen molar-refractivity contribution in [3.63, 3.8) is 0 Å². The van der Waals surface area contributed by atoms with E-state index in [0.717, 1.165) is 13.4 Å². The predicted molar refractivity (Wildman–Crippen MR) is 366 cm³/mol. The lowest BCUT2D eigenvalue weighted by Gasteiger charge is -2.28. The number of hydrogen-bond acceptors (Lipinski definition) is 15. The summed E-state index contributed by atoms with van der Waals surface area (Å²) in [5, 5.41) is 56.9. The molecular formula is C69H66Br3N9O12. The Hall–Kier alpha value is -10.2. The predicted octanol–water partition coefficient (Wildman–Crippen LogP) is 15.6. The van der Waals surface area contributed by atoms with Crippen LogP contribution in [-0.2, 0) is 31.2 Å². The van der Waals surface area contributed by atoms with Crippen LogP contribution >= 0.6 is 47.8 Å². The SMILES string of the molecule is C.C.C.COc1ccc(OC(C)(C(=O)O)c2ccc(Br)cc2)c(-n2nc3ccccc3n2)c1.COc1ccc(OC(C)(C(=O)O)c2ccc(Br)cc2)c(-n2nc3ccccc3n2)c1.COc1ccc(OC(C)(C(=O)O)c2ccc(Br)cc2)c(-n2nc3ccccc3n2)c1. The van der Waals surface area contributed by atoms with Gasteiger partial charge in [0.05, 0.1) is 21.3 Å². The van der Waals surface area contributed by atoms with E-state index in [1.54, 1.807) is 149 Å². The molecule has 480 valence electrons. The number of benzene rings is 9. The third-order valence-electron chi connectivity index (χ3n) is 14.4. The molecular weight excluding hydrogens is 1390 g/mol. The normalized spacial score (nSPS) is 12.6. The highest BCUT2D eigenvalue weighted by molar-refractivity contribution is 9.11. The number of rotatable bonds is 18. The molecule has 0 aliphatic carbocycles. The van der Waals surface area contributed by atoms with Crippen molar-refractivity contribution >= 4 is 98.8 Å². The highest BCUT2D eigenvalue weighted by Gasteiger charge is 2.41. The lowest BCUT2D eigenvalue weighted by Crippen LogP contribution is -2.38. The number of fused-ring (bicyclic) bond motifs is 3. The van der Waals surface area contributed by atoms with Crippen LogP contribution in [-0.4, -0.2) is 99.5 Å². The fourth-order valence-electron chi connectivity index (χ4n) is 9.14. The summed E-state index contributed by atoms with van der Waals surface area (Å²) in [5.41, 5.74) is 2.27. The maximum atomic E-state index is 12.2. The molecule has 3 N–H and O–H groups in total. The first-order valence-corrected chi connectivity index (χ1v) is 29.7.